The van der Waals surface area contributed by atoms with Crippen molar-refractivity contribution in [2.75, 3.05) is 0 Å². The molecule has 0 aliphatic heterocycles. The molecule has 4 rings (SSSR count). The van der Waals surface area contributed by atoms with Crippen molar-refractivity contribution in [2.24, 2.45) is 0 Å². The zero-order chi connectivity index (χ0) is 17.9. The van der Waals surface area contributed by atoms with Crippen molar-refractivity contribution < 1.29 is 22.0 Å². The Kier molecular flexibility index (Phi) is 3.05. The number of imidazole rings is 1. The van der Waals surface area contributed by atoms with E-state index in [4.69, 9.17) is 0 Å². The van der Waals surface area contributed by atoms with Crippen LogP contribution in [-0.4, -0.2) is 29.1 Å². The average molecular weight is 354 g/mol. The van der Waals surface area contributed by atoms with Crippen LogP contribution >= 0.6 is 0 Å². The highest BCUT2D eigenvalue weighted by molar-refractivity contribution is 5.77. The second kappa shape index (κ2) is 4.94. The summed E-state index contributed by atoms with van der Waals surface area (Å²) in [5.74, 6) is -3.70. The smallest absolute Gasteiger partial charge is 0.283 e. The van der Waals surface area contributed by atoms with Gasteiger partial charge in [-0.2, -0.15) is 22.7 Å². The van der Waals surface area contributed by atoms with Crippen LogP contribution in [0.15, 0.2) is 24.5 Å². The number of hydrogen-bond donors (Lipinski definition) is 0. The summed E-state index contributed by atoms with van der Waals surface area (Å²) in [5.41, 5.74) is 0.667. The van der Waals surface area contributed by atoms with E-state index in [-0.39, 0.29) is 22.6 Å². The van der Waals surface area contributed by atoms with Gasteiger partial charge in [-0.05, 0) is 6.92 Å². The zero-order valence-corrected chi connectivity index (χ0v) is 12.4. The van der Waals surface area contributed by atoms with Gasteiger partial charge in [0, 0.05) is 23.9 Å². The largest absolute Gasteiger partial charge is 0.453 e. The minimum absolute atomic E-state index is 0.110. The van der Waals surface area contributed by atoms with Gasteiger partial charge in [-0.3, -0.25) is 4.57 Å². The van der Waals surface area contributed by atoms with Crippen LogP contribution in [0.2, 0.25) is 0 Å². The minimum atomic E-state index is -4.74. The van der Waals surface area contributed by atoms with Gasteiger partial charge in [0.15, 0.2) is 11.6 Å². The van der Waals surface area contributed by atoms with E-state index in [2.05, 4.69) is 20.1 Å². The maximum atomic E-state index is 13.6. The molecule has 0 saturated carbocycles. The van der Waals surface area contributed by atoms with E-state index in [1.54, 1.807) is 6.92 Å². The summed E-state index contributed by atoms with van der Waals surface area (Å²) in [6.45, 7) is 1.56. The maximum absolute atomic E-state index is 13.6. The van der Waals surface area contributed by atoms with Gasteiger partial charge in [-0.15, -0.1) is 5.10 Å². The summed E-state index contributed by atoms with van der Waals surface area (Å²) in [7, 11) is 0. The highest BCUT2D eigenvalue weighted by Crippen LogP contribution is 2.27. The van der Waals surface area contributed by atoms with Gasteiger partial charge in [0.2, 0.25) is 0 Å². The Bertz CT molecular complexity index is 1130. The quantitative estimate of drug-likeness (QED) is 0.493. The first-order valence-electron chi connectivity index (χ1n) is 6.88. The van der Waals surface area contributed by atoms with Crippen LogP contribution in [0, 0.1) is 18.6 Å². The molecule has 0 amide bonds. The number of aryl methyl sites for hydroxylation is 1. The van der Waals surface area contributed by atoms with Crippen LogP contribution in [0.1, 0.15) is 11.5 Å². The fourth-order valence-electron chi connectivity index (χ4n) is 2.45. The Labute approximate surface area is 135 Å². The van der Waals surface area contributed by atoms with Crippen LogP contribution in [0.4, 0.5) is 22.0 Å². The second-order valence-corrected chi connectivity index (χ2v) is 5.27. The number of benzene rings is 1. The van der Waals surface area contributed by atoms with E-state index in [9.17, 15) is 22.0 Å². The molecule has 0 aliphatic rings. The van der Waals surface area contributed by atoms with Gasteiger partial charge < -0.3 is 0 Å². The number of alkyl halides is 3. The standard InChI is InChI=1S/C14H7F5N6/c1-6-2-11(25-13(21-6)22-12(23-25)14(17,18)19)24-5-20-9-3-7(15)8(16)4-10(9)24/h2-5H,1H3. The molecule has 0 unspecified atom stereocenters. The molecule has 0 spiro atoms. The molecule has 11 heteroatoms. The Hall–Kier alpha value is -3.11. The number of halogens is 5. The van der Waals surface area contributed by atoms with Gasteiger partial charge in [-0.1, -0.05) is 0 Å². The SMILES string of the molecule is Cc1cc(-n2cnc3cc(F)c(F)cc32)n2nc(C(F)(F)F)nc2n1. The van der Waals surface area contributed by atoms with E-state index in [1.165, 1.54) is 17.0 Å². The summed E-state index contributed by atoms with van der Waals surface area (Å²) in [6, 6.07) is 3.24. The van der Waals surface area contributed by atoms with Crippen LogP contribution in [0.25, 0.3) is 22.6 Å². The van der Waals surface area contributed by atoms with Crippen LogP contribution in [-0.2, 0) is 6.18 Å². The average Bonchev–Trinajstić information content (AvgIpc) is 3.10. The van der Waals surface area contributed by atoms with Crippen molar-refractivity contribution in [2.45, 2.75) is 13.1 Å². The molecule has 0 atom stereocenters. The lowest BCUT2D eigenvalue weighted by atomic mass is 10.3. The summed E-state index contributed by atoms with van der Waals surface area (Å²) in [4.78, 5) is 11.2. The first-order chi connectivity index (χ1) is 11.7. The molecular formula is C14H7F5N6. The van der Waals surface area contributed by atoms with Gasteiger partial charge in [-0.25, -0.2) is 18.7 Å². The Morgan fingerprint density at radius 2 is 1.72 bits per heavy atom. The predicted molar refractivity (Wildman–Crippen MR) is 75.1 cm³/mol. The van der Waals surface area contributed by atoms with Gasteiger partial charge in [0.1, 0.15) is 12.1 Å². The number of nitrogens with zero attached hydrogens (tertiary/aromatic N) is 6. The number of aromatic nitrogens is 6. The number of hydrogen-bond acceptors (Lipinski definition) is 4. The van der Waals surface area contributed by atoms with Crippen LogP contribution < -0.4 is 0 Å². The number of fused-ring (bicyclic) bond motifs is 2. The summed E-state index contributed by atoms with van der Waals surface area (Å²) in [6.07, 6.45) is -3.52. The molecular weight excluding hydrogens is 347 g/mol. The molecule has 3 heterocycles. The maximum Gasteiger partial charge on any atom is 0.453 e. The van der Waals surface area contributed by atoms with E-state index >= 15 is 0 Å². The van der Waals surface area contributed by atoms with Crippen molar-refractivity contribution in [3.8, 4) is 5.82 Å². The third kappa shape index (κ3) is 2.39. The van der Waals surface area contributed by atoms with Crippen molar-refractivity contribution in [1.82, 2.24) is 29.1 Å². The highest BCUT2D eigenvalue weighted by atomic mass is 19.4. The van der Waals surface area contributed by atoms with E-state index in [0.29, 0.717) is 5.69 Å². The second-order valence-electron chi connectivity index (χ2n) is 5.27. The Morgan fingerprint density at radius 3 is 2.44 bits per heavy atom. The highest BCUT2D eigenvalue weighted by Gasteiger charge is 2.37. The lowest BCUT2D eigenvalue weighted by Crippen LogP contribution is -2.09. The molecule has 4 aromatic rings. The van der Waals surface area contributed by atoms with E-state index < -0.39 is 23.6 Å². The van der Waals surface area contributed by atoms with Crippen molar-refractivity contribution in [3.63, 3.8) is 0 Å². The summed E-state index contributed by atoms with van der Waals surface area (Å²) < 4.78 is 67.7. The van der Waals surface area contributed by atoms with Gasteiger partial charge >= 0.3 is 6.18 Å². The lowest BCUT2D eigenvalue weighted by Gasteiger charge is -2.07. The number of rotatable bonds is 1. The molecule has 0 saturated heterocycles. The molecule has 3 aromatic heterocycles. The molecule has 1 aromatic carbocycles. The Balaban J connectivity index is 2.04. The third-order valence-electron chi connectivity index (χ3n) is 3.51. The molecule has 128 valence electrons. The zero-order valence-electron chi connectivity index (χ0n) is 12.4. The third-order valence-corrected chi connectivity index (χ3v) is 3.51. The Morgan fingerprint density at radius 1 is 1.00 bits per heavy atom. The molecule has 0 bridgehead atoms. The van der Waals surface area contributed by atoms with E-state index in [0.717, 1.165) is 16.6 Å². The molecule has 0 radical (unpaired) electrons. The van der Waals surface area contributed by atoms with Gasteiger partial charge in [0.25, 0.3) is 11.6 Å². The lowest BCUT2D eigenvalue weighted by molar-refractivity contribution is -0.144. The van der Waals surface area contributed by atoms with Crippen LogP contribution in [0.3, 0.4) is 0 Å². The monoisotopic (exact) mass is 354 g/mol. The van der Waals surface area contributed by atoms with Crippen molar-refractivity contribution in [1.29, 1.82) is 0 Å². The first kappa shape index (κ1) is 15.4. The minimum Gasteiger partial charge on any atom is -0.283 e. The van der Waals surface area contributed by atoms with Crippen molar-refractivity contribution >= 4 is 16.8 Å². The molecule has 0 aliphatic carbocycles. The fraction of sp³-hybridized carbons (Fsp3) is 0.143. The first-order valence-corrected chi connectivity index (χ1v) is 6.88. The predicted octanol–water partition coefficient (Wildman–Crippen LogP) is 3.07. The van der Waals surface area contributed by atoms with Crippen LogP contribution in [0.5, 0.6) is 0 Å². The molecule has 0 fully saturated rings. The fourth-order valence-corrected chi connectivity index (χ4v) is 2.45. The molecule has 25 heavy (non-hydrogen) atoms. The summed E-state index contributed by atoms with van der Waals surface area (Å²) >= 11 is 0. The molecule has 0 N–H and O–H groups in total. The topological polar surface area (TPSA) is 60.9 Å². The van der Waals surface area contributed by atoms with E-state index in [1.807, 2.05) is 0 Å². The van der Waals surface area contributed by atoms with Crippen molar-refractivity contribution in [3.05, 3.63) is 47.7 Å². The van der Waals surface area contributed by atoms with Gasteiger partial charge in [0.05, 0.1) is 11.0 Å². The summed E-state index contributed by atoms with van der Waals surface area (Å²) in [5, 5.41) is 3.43. The molecule has 6 nitrogen and oxygen atoms in total. The normalized spacial score (nSPS) is 12.4.